The summed E-state index contributed by atoms with van der Waals surface area (Å²) in [4.78, 5) is 0.483. The summed E-state index contributed by atoms with van der Waals surface area (Å²) in [6, 6.07) is 5.56. The molecule has 1 aromatic rings. The van der Waals surface area contributed by atoms with Crippen molar-refractivity contribution in [3.8, 4) is 0 Å². The first kappa shape index (κ1) is 12.2. The van der Waals surface area contributed by atoms with Crippen molar-refractivity contribution in [3.63, 3.8) is 0 Å². The van der Waals surface area contributed by atoms with Gasteiger partial charge in [0, 0.05) is 0 Å². The van der Waals surface area contributed by atoms with E-state index in [1.54, 1.807) is 13.0 Å². The Hall–Kier alpha value is -0.830. The minimum atomic E-state index is -3.14. The largest absolute Gasteiger partial charge is 0.223 e. The SMILES string of the molecule is CCC(C)S(=O)(=O)c1cc(C)ccc1C. The van der Waals surface area contributed by atoms with Crippen LogP contribution >= 0.6 is 0 Å². The maximum absolute atomic E-state index is 12.1. The van der Waals surface area contributed by atoms with Gasteiger partial charge >= 0.3 is 0 Å². The molecule has 1 rings (SSSR count). The van der Waals surface area contributed by atoms with Gasteiger partial charge in [0.15, 0.2) is 9.84 Å². The Morgan fingerprint density at radius 1 is 1.27 bits per heavy atom. The van der Waals surface area contributed by atoms with Crippen LogP contribution in [0.5, 0.6) is 0 Å². The van der Waals surface area contributed by atoms with Crippen LogP contribution in [0.25, 0.3) is 0 Å². The van der Waals surface area contributed by atoms with Crippen molar-refractivity contribution in [2.45, 2.75) is 44.3 Å². The van der Waals surface area contributed by atoms with Crippen LogP contribution in [0.2, 0.25) is 0 Å². The summed E-state index contributed by atoms with van der Waals surface area (Å²) >= 11 is 0. The van der Waals surface area contributed by atoms with E-state index in [1.807, 2.05) is 32.9 Å². The lowest BCUT2D eigenvalue weighted by Crippen LogP contribution is -2.18. The molecular formula is C12H18O2S. The molecule has 0 bridgehead atoms. The topological polar surface area (TPSA) is 34.1 Å². The van der Waals surface area contributed by atoms with Crippen LogP contribution in [0.4, 0.5) is 0 Å². The van der Waals surface area contributed by atoms with E-state index >= 15 is 0 Å². The molecule has 0 amide bonds. The molecule has 2 nitrogen and oxygen atoms in total. The van der Waals surface area contributed by atoms with Gasteiger partial charge in [-0.3, -0.25) is 0 Å². The molecule has 15 heavy (non-hydrogen) atoms. The Bertz CT molecular complexity index is 447. The van der Waals surface area contributed by atoms with E-state index in [1.165, 1.54) is 0 Å². The van der Waals surface area contributed by atoms with E-state index in [4.69, 9.17) is 0 Å². The van der Waals surface area contributed by atoms with Crippen LogP contribution in [0, 0.1) is 13.8 Å². The van der Waals surface area contributed by atoms with Crippen LogP contribution in [-0.4, -0.2) is 13.7 Å². The van der Waals surface area contributed by atoms with E-state index in [2.05, 4.69) is 0 Å². The van der Waals surface area contributed by atoms with E-state index in [9.17, 15) is 8.42 Å². The predicted molar refractivity (Wildman–Crippen MR) is 62.9 cm³/mol. The number of hydrogen-bond donors (Lipinski definition) is 0. The maximum atomic E-state index is 12.1. The molecule has 0 saturated carbocycles. The Morgan fingerprint density at radius 3 is 2.40 bits per heavy atom. The van der Waals surface area contributed by atoms with Crippen molar-refractivity contribution < 1.29 is 8.42 Å². The van der Waals surface area contributed by atoms with Crippen molar-refractivity contribution >= 4 is 9.84 Å². The normalized spacial score (nSPS) is 13.9. The molecule has 0 spiro atoms. The van der Waals surface area contributed by atoms with Crippen LogP contribution in [0.3, 0.4) is 0 Å². The van der Waals surface area contributed by atoms with Gasteiger partial charge < -0.3 is 0 Å². The summed E-state index contributed by atoms with van der Waals surface area (Å²) in [7, 11) is -3.14. The number of hydrogen-bond acceptors (Lipinski definition) is 2. The Labute approximate surface area is 92.2 Å². The lowest BCUT2D eigenvalue weighted by Gasteiger charge is -2.13. The fraction of sp³-hybridized carbons (Fsp3) is 0.500. The minimum absolute atomic E-state index is 0.307. The van der Waals surface area contributed by atoms with Crippen LogP contribution in [0.15, 0.2) is 23.1 Å². The van der Waals surface area contributed by atoms with Gasteiger partial charge in [0.1, 0.15) is 0 Å². The Kier molecular flexibility index (Phi) is 3.55. The number of sulfone groups is 1. The van der Waals surface area contributed by atoms with E-state index in [-0.39, 0.29) is 5.25 Å². The molecule has 0 aromatic heterocycles. The molecule has 0 aliphatic rings. The molecule has 1 unspecified atom stereocenters. The molecule has 0 N–H and O–H groups in total. The lowest BCUT2D eigenvalue weighted by molar-refractivity contribution is 0.580. The van der Waals surface area contributed by atoms with E-state index in [0.29, 0.717) is 11.3 Å². The molecule has 0 saturated heterocycles. The summed E-state index contributed by atoms with van der Waals surface area (Å²) in [5.41, 5.74) is 1.82. The highest BCUT2D eigenvalue weighted by molar-refractivity contribution is 7.92. The molecule has 0 heterocycles. The standard InChI is InChI=1S/C12H18O2S/c1-5-11(4)15(13,14)12-8-9(2)6-7-10(12)3/h6-8,11H,5H2,1-4H3. The van der Waals surface area contributed by atoms with Crippen LogP contribution in [-0.2, 0) is 9.84 Å². The lowest BCUT2D eigenvalue weighted by atomic mass is 10.2. The first-order valence-corrected chi connectivity index (χ1v) is 6.75. The maximum Gasteiger partial charge on any atom is 0.181 e. The predicted octanol–water partition coefficient (Wildman–Crippen LogP) is 2.88. The molecular weight excluding hydrogens is 208 g/mol. The molecule has 84 valence electrons. The van der Waals surface area contributed by atoms with Gasteiger partial charge in [0.25, 0.3) is 0 Å². The minimum Gasteiger partial charge on any atom is -0.223 e. The highest BCUT2D eigenvalue weighted by atomic mass is 32.2. The second-order valence-corrected chi connectivity index (χ2v) is 6.37. The fourth-order valence-electron chi connectivity index (χ4n) is 1.45. The molecule has 0 aliphatic carbocycles. The second kappa shape index (κ2) is 4.35. The van der Waals surface area contributed by atoms with Crippen molar-refractivity contribution in [1.29, 1.82) is 0 Å². The van der Waals surface area contributed by atoms with Crippen molar-refractivity contribution in [2.75, 3.05) is 0 Å². The summed E-state index contributed by atoms with van der Waals surface area (Å²) in [6.07, 6.45) is 0.649. The quantitative estimate of drug-likeness (QED) is 0.794. The first-order chi connectivity index (χ1) is 6.89. The third-order valence-electron chi connectivity index (χ3n) is 2.75. The number of rotatable bonds is 3. The number of benzene rings is 1. The van der Waals surface area contributed by atoms with Crippen molar-refractivity contribution in [2.24, 2.45) is 0 Å². The molecule has 0 fully saturated rings. The van der Waals surface area contributed by atoms with Gasteiger partial charge in [-0.15, -0.1) is 0 Å². The van der Waals surface area contributed by atoms with Gasteiger partial charge in [-0.05, 0) is 44.4 Å². The van der Waals surface area contributed by atoms with Gasteiger partial charge in [0.05, 0.1) is 10.1 Å². The Balaban J connectivity index is 3.33. The zero-order valence-corrected chi connectivity index (χ0v) is 10.6. The van der Waals surface area contributed by atoms with Gasteiger partial charge in [-0.1, -0.05) is 19.1 Å². The Morgan fingerprint density at radius 2 is 1.87 bits per heavy atom. The smallest absolute Gasteiger partial charge is 0.181 e. The van der Waals surface area contributed by atoms with Crippen LogP contribution in [0.1, 0.15) is 31.4 Å². The molecule has 1 atom stereocenters. The van der Waals surface area contributed by atoms with E-state index in [0.717, 1.165) is 11.1 Å². The summed E-state index contributed by atoms with van der Waals surface area (Å²) < 4.78 is 24.3. The zero-order valence-electron chi connectivity index (χ0n) is 9.74. The zero-order chi connectivity index (χ0) is 11.6. The number of aryl methyl sites for hydroxylation is 2. The molecule has 3 heteroatoms. The first-order valence-electron chi connectivity index (χ1n) is 5.20. The molecule has 0 radical (unpaired) electrons. The average Bonchev–Trinajstić information content (AvgIpc) is 2.20. The third kappa shape index (κ3) is 2.40. The monoisotopic (exact) mass is 226 g/mol. The summed E-state index contributed by atoms with van der Waals surface area (Å²) in [6.45, 7) is 7.41. The van der Waals surface area contributed by atoms with E-state index < -0.39 is 9.84 Å². The molecule has 0 aliphatic heterocycles. The highest BCUT2D eigenvalue weighted by Gasteiger charge is 2.23. The average molecular weight is 226 g/mol. The fourth-order valence-corrected chi connectivity index (χ4v) is 3.19. The third-order valence-corrected chi connectivity index (χ3v) is 5.20. The highest BCUT2D eigenvalue weighted by Crippen LogP contribution is 2.22. The van der Waals surface area contributed by atoms with Crippen molar-refractivity contribution in [3.05, 3.63) is 29.3 Å². The summed E-state index contributed by atoms with van der Waals surface area (Å²) in [5, 5.41) is -0.307. The second-order valence-electron chi connectivity index (χ2n) is 4.03. The van der Waals surface area contributed by atoms with Crippen LogP contribution < -0.4 is 0 Å². The summed E-state index contributed by atoms with van der Waals surface area (Å²) in [5.74, 6) is 0. The molecule has 1 aromatic carbocycles. The van der Waals surface area contributed by atoms with Gasteiger partial charge in [-0.2, -0.15) is 0 Å². The van der Waals surface area contributed by atoms with Gasteiger partial charge in [-0.25, -0.2) is 8.42 Å². The van der Waals surface area contributed by atoms with Gasteiger partial charge in [0.2, 0.25) is 0 Å². The van der Waals surface area contributed by atoms with Crippen molar-refractivity contribution in [1.82, 2.24) is 0 Å².